The van der Waals surface area contributed by atoms with Crippen LogP contribution in [0.3, 0.4) is 0 Å². The van der Waals surface area contributed by atoms with Gasteiger partial charge in [-0.05, 0) is 51.2 Å². The van der Waals surface area contributed by atoms with Gasteiger partial charge in [0.1, 0.15) is 12.1 Å². The molecule has 160 valence electrons. The third kappa shape index (κ3) is 8.95. The fourth-order valence-corrected chi connectivity index (χ4v) is 2.94. The maximum absolute atomic E-state index is 12.2. The Bertz CT molecular complexity index is 709. The van der Waals surface area contributed by atoms with Crippen LogP contribution in [0.25, 0.3) is 0 Å². The number of hydrogen-bond acceptors (Lipinski definition) is 5. The third-order valence-electron chi connectivity index (χ3n) is 4.37. The second kappa shape index (κ2) is 10.8. The second-order valence-corrected chi connectivity index (χ2v) is 8.10. The standard InChI is InChI=1S/C21H31N3O5/c1-21(2,3)29-20(27)23-14-19(26)24-17-7-5-4-6-16(17)13-22-18(25)12-15-8-10-28-11-9-15/h4-7,15H,8-14H2,1-3H3,(H,22,25)(H,23,27)(H,24,26). The van der Waals surface area contributed by atoms with Crippen LogP contribution >= 0.6 is 0 Å². The predicted octanol–water partition coefficient (Wildman–Crippen LogP) is 2.58. The summed E-state index contributed by atoms with van der Waals surface area (Å²) in [4.78, 5) is 36.0. The molecular weight excluding hydrogens is 374 g/mol. The first kappa shape index (κ1) is 22.7. The number of alkyl carbamates (subject to hydrolysis) is 1. The molecule has 1 aromatic rings. The molecule has 8 heteroatoms. The van der Waals surface area contributed by atoms with E-state index in [9.17, 15) is 14.4 Å². The van der Waals surface area contributed by atoms with Crippen molar-refractivity contribution in [2.24, 2.45) is 5.92 Å². The summed E-state index contributed by atoms with van der Waals surface area (Å²) in [5, 5.41) is 8.09. The molecule has 1 heterocycles. The van der Waals surface area contributed by atoms with E-state index in [4.69, 9.17) is 9.47 Å². The van der Waals surface area contributed by atoms with Crippen molar-refractivity contribution in [2.45, 2.75) is 52.2 Å². The normalized spacial score (nSPS) is 14.7. The van der Waals surface area contributed by atoms with Gasteiger partial charge in [-0.25, -0.2) is 4.79 Å². The minimum absolute atomic E-state index is 0.00961. The minimum Gasteiger partial charge on any atom is -0.444 e. The van der Waals surface area contributed by atoms with E-state index in [1.54, 1.807) is 32.9 Å². The van der Waals surface area contributed by atoms with E-state index in [0.29, 0.717) is 37.8 Å². The van der Waals surface area contributed by atoms with Crippen molar-refractivity contribution in [3.63, 3.8) is 0 Å². The molecule has 0 saturated carbocycles. The average molecular weight is 405 g/mol. The molecule has 1 aliphatic rings. The van der Waals surface area contributed by atoms with E-state index in [-0.39, 0.29) is 18.4 Å². The summed E-state index contributed by atoms with van der Waals surface area (Å²) in [7, 11) is 0. The average Bonchev–Trinajstić information content (AvgIpc) is 2.65. The number of rotatable bonds is 7. The Balaban J connectivity index is 1.80. The zero-order valence-corrected chi connectivity index (χ0v) is 17.4. The molecular formula is C21H31N3O5. The Labute approximate surface area is 171 Å². The van der Waals surface area contributed by atoms with Gasteiger partial charge in [0.15, 0.2) is 0 Å². The Morgan fingerprint density at radius 3 is 2.45 bits per heavy atom. The lowest BCUT2D eigenvalue weighted by molar-refractivity contribution is -0.122. The van der Waals surface area contributed by atoms with Crippen molar-refractivity contribution in [3.8, 4) is 0 Å². The summed E-state index contributed by atoms with van der Waals surface area (Å²) >= 11 is 0. The fraction of sp³-hybridized carbons (Fsp3) is 0.571. The Morgan fingerprint density at radius 1 is 1.07 bits per heavy atom. The number of para-hydroxylation sites is 1. The second-order valence-electron chi connectivity index (χ2n) is 8.10. The van der Waals surface area contributed by atoms with Crippen LogP contribution in [0.15, 0.2) is 24.3 Å². The van der Waals surface area contributed by atoms with Crippen LogP contribution in [-0.4, -0.2) is 43.3 Å². The van der Waals surface area contributed by atoms with Gasteiger partial charge in [0.2, 0.25) is 11.8 Å². The lowest BCUT2D eigenvalue weighted by Gasteiger charge is -2.21. The summed E-state index contributed by atoms with van der Waals surface area (Å²) in [5.74, 6) is -0.0286. The number of carbonyl (C=O) groups is 3. The summed E-state index contributed by atoms with van der Waals surface area (Å²) < 4.78 is 10.4. The van der Waals surface area contributed by atoms with Gasteiger partial charge in [-0.2, -0.15) is 0 Å². The topological polar surface area (TPSA) is 106 Å². The lowest BCUT2D eigenvalue weighted by atomic mass is 9.96. The molecule has 8 nitrogen and oxygen atoms in total. The number of ether oxygens (including phenoxy) is 2. The van der Waals surface area contributed by atoms with Crippen LogP contribution in [-0.2, 0) is 25.6 Å². The molecule has 3 N–H and O–H groups in total. The molecule has 0 atom stereocenters. The van der Waals surface area contributed by atoms with E-state index in [1.807, 2.05) is 12.1 Å². The first-order chi connectivity index (χ1) is 13.7. The van der Waals surface area contributed by atoms with Gasteiger partial charge in [-0.15, -0.1) is 0 Å². The van der Waals surface area contributed by atoms with Crippen molar-refractivity contribution in [1.82, 2.24) is 10.6 Å². The Hall–Kier alpha value is -2.61. The molecule has 0 unspecified atom stereocenters. The number of amides is 3. The van der Waals surface area contributed by atoms with Gasteiger partial charge in [0.25, 0.3) is 0 Å². The number of benzene rings is 1. The van der Waals surface area contributed by atoms with Crippen LogP contribution in [0.5, 0.6) is 0 Å². The van der Waals surface area contributed by atoms with Crippen molar-refractivity contribution < 1.29 is 23.9 Å². The van der Waals surface area contributed by atoms with Crippen LogP contribution in [0.4, 0.5) is 10.5 Å². The number of anilines is 1. The van der Waals surface area contributed by atoms with Crippen molar-refractivity contribution in [3.05, 3.63) is 29.8 Å². The van der Waals surface area contributed by atoms with Crippen molar-refractivity contribution >= 4 is 23.6 Å². The highest BCUT2D eigenvalue weighted by Gasteiger charge is 2.18. The molecule has 1 aromatic carbocycles. The molecule has 2 rings (SSSR count). The van der Waals surface area contributed by atoms with E-state index in [1.165, 1.54) is 0 Å². The predicted molar refractivity (Wildman–Crippen MR) is 109 cm³/mol. The molecule has 29 heavy (non-hydrogen) atoms. The van der Waals surface area contributed by atoms with Gasteiger partial charge in [0, 0.05) is 31.9 Å². The molecule has 0 spiro atoms. The smallest absolute Gasteiger partial charge is 0.408 e. The zero-order valence-electron chi connectivity index (χ0n) is 17.4. The molecule has 0 aromatic heterocycles. The Morgan fingerprint density at radius 2 is 1.76 bits per heavy atom. The fourth-order valence-electron chi connectivity index (χ4n) is 2.94. The molecule has 0 aliphatic carbocycles. The highest BCUT2D eigenvalue weighted by Crippen LogP contribution is 2.19. The summed E-state index contributed by atoms with van der Waals surface area (Å²) in [6.07, 6.45) is 1.65. The highest BCUT2D eigenvalue weighted by atomic mass is 16.6. The SMILES string of the molecule is CC(C)(C)OC(=O)NCC(=O)Nc1ccccc1CNC(=O)CC1CCOCC1. The molecule has 0 radical (unpaired) electrons. The molecule has 0 bridgehead atoms. The van der Waals surface area contributed by atoms with Crippen LogP contribution in [0.2, 0.25) is 0 Å². The summed E-state index contributed by atoms with van der Waals surface area (Å²) in [6, 6.07) is 7.23. The zero-order chi connectivity index (χ0) is 21.3. The molecule has 3 amide bonds. The van der Waals surface area contributed by atoms with Crippen molar-refractivity contribution in [2.75, 3.05) is 25.1 Å². The van der Waals surface area contributed by atoms with Crippen LogP contribution in [0.1, 0.15) is 45.6 Å². The minimum atomic E-state index is -0.652. The van der Waals surface area contributed by atoms with Gasteiger partial charge in [-0.1, -0.05) is 18.2 Å². The lowest BCUT2D eigenvalue weighted by Crippen LogP contribution is -2.37. The number of hydrogen-bond donors (Lipinski definition) is 3. The molecule has 1 saturated heterocycles. The van der Waals surface area contributed by atoms with Gasteiger partial charge in [-0.3, -0.25) is 9.59 Å². The highest BCUT2D eigenvalue weighted by molar-refractivity contribution is 5.94. The van der Waals surface area contributed by atoms with Crippen molar-refractivity contribution in [1.29, 1.82) is 0 Å². The van der Waals surface area contributed by atoms with E-state index in [2.05, 4.69) is 16.0 Å². The summed E-state index contributed by atoms with van der Waals surface area (Å²) in [6.45, 7) is 6.78. The third-order valence-corrected chi connectivity index (χ3v) is 4.37. The monoisotopic (exact) mass is 405 g/mol. The molecule has 1 aliphatic heterocycles. The van der Waals surface area contributed by atoms with Crippen LogP contribution < -0.4 is 16.0 Å². The maximum Gasteiger partial charge on any atom is 0.408 e. The summed E-state index contributed by atoms with van der Waals surface area (Å²) in [5.41, 5.74) is 0.754. The number of carbonyl (C=O) groups excluding carboxylic acids is 3. The number of nitrogens with one attached hydrogen (secondary N) is 3. The first-order valence-corrected chi connectivity index (χ1v) is 9.92. The van der Waals surface area contributed by atoms with Gasteiger partial charge < -0.3 is 25.4 Å². The van der Waals surface area contributed by atoms with Crippen LogP contribution in [0, 0.1) is 5.92 Å². The van der Waals surface area contributed by atoms with Gasteiger partial charge in [0.05, 0.1) is 0 Å². The maximum atomic E-state index is 12.2. The van der Waals surface area contributed by atoms with E-state index < -0.39 is 11.7 Å². The largest absolute Gasteiger partial charge is 0.444 e. The quantitative estimate of drug-likeness (QED) is 0.647. The van der Waals surface area contributed by atoms with Gasteiger partial charge >= 0.3 is 6.09 Å². The van der Waals surface area contributed by atoms with E-state index in [0.717, 1.165) is 18.4 Å². The molecule has 1 fully saturated rings. The first-order valence-electron chi connectivity index (χ1n) is 9.92. The Kier molecular flexibility index (Phi) is 8.45. The van der Waals surface area contributed by atoms with E-state index >= 15 is 0 Å².